The summed E-state index contributed by atoms with van der Waals surface area (Å²) in [5.41, 5.74) is 0.955. The van der Waals surface area contributed by atoms with Gasteiger partial charge in [-0.05, 0) is 38.8 Å². The Morgan fingerprint density at radius 2 is 2.20 bits per heavy atom. The van der Waals surface area contributed by atoms with Crippen molar-refractivity contribution in [2.45, 2.75) is 38.6 Å². The van der Waals surface area contributed by atoms with Crippen molar-refractivity contribution >= 4 is 22.8 Å². The summed E-state index contributed by atoms with van der Waals surface area (Å²) >= 11 is 0. The average molecular weight is 340 g/mol. The largest absolute Gasteiger partial charge is 0.469 e. The lowest BCUT2D eigenvalue weighted by Gasteiger charge is -2.13. The number of rotatable bonds is 6. The summed E-state index contributed by atoms with van der Waals surface area (Å²) in [5, 5.41) is 6.98. The summed E-state index contributed by atoms with van der Waals surface area (Å²) in [5.74, 6) is 1.83. The molecule has 7 heteroatoms. The van der Waals surface area contributed by atoms with E-state index in [0.717, 1.165) is 18.6 Å². The van der Waals surface area contributed by atoms with Gasteiger partial charge in [-0.1, -0.05) is 0 Å². The molecule has 1 aliphatic carbocycles. The summed E-state index contributed by atoms with van der Waals surface area (Å²) in [7, 11) is 0. The topological polar surface area (TPSA) is 93.2 Å². The number of fused-ring (bicyclic) bond motifs is 1. The van der Waals surface area contributed by atoms with E-state index in [-0.39, 0.29) is 11.4 Å². The minimum absolute atomic E-state index is 0.0412. The van der Waals surface area contributed by atoms with Gasteiger partial charge in [-0.15, -0.1) is 0 Å². The lowest BCUT2D eigenvalue weighted by molar-refractivity contribution is 0.0953. The number of amides is 1. The minimum Gasteiger partial charge on any atom is -0.469 e. The Labute approximate surface area is 144 Å². The number of carbonyl (C=O) groups is 1. The highest BCUT2D eigenvalue weighted by molar-refractivity contribution is 6.10. The first-order valence-electron chi connectivity index (χ1n) is 8.39. The number of nitrogens with one attached hydrogen (secondary N) is 2. The van der Waals surface area contributed by atoms with Gasteiger partial charge < -0.3 is 19.5 Å². The monoisotopic (exact) mass is 340 g/mol. The van der Waals surface area contributed by atoms with Crippen LogP contribution in [0.1, 0.15) is 41.6 Å². The van der Waals surface area contributed by atoms with Gasteiger partial charge >= 0.3 is 0 Å². The lowest BCUT2D eigenvalue weighted by atomic mass is 10.1. The number of nitrogens with zero attached hydrogens (tertiary/aromatic N) is 2. The number of furan rings is 2. The van der Waals surface area contributed by atoms with E-state index in [0.29, 0.717) is 41.2 Å². The van der Waals surface area contributed by atoms with Gasteiger partial charge in [0.1, 0.15) is 23.7 Å². The van der Waals surface area contributed by atoms with Crippen molar-refractivity contribution in [3.8, 4) is 0 Å². The number of carbonyl (C=O) groups excluding carboxylic acids is 1. The lowest BCUT2D eigenvalue weighted by Crippen LogP contribution is -2.26. The molecular formula is C18H20N4O3. The minimum atomic E-state index is -0.193. The summed E-state index contributed by atoms with van der Waals surface area (Å²) in [6, 6.07) is 3.72. The van der Waals surface area contributed by atoms with Crippen molar-refractivity contribution in [3.05, 3.63) is 41.8 Å². The van der Waals surface area contributed by atoms with Crippen molar-refractivity contribution in [1.82, 2.24) is 15.3 Å². The van der Waals surface area contributed by atoms with Crippen molar-refractivity contribution < 1.29 is 13.6 Å². The van der Waals surface area contributed by atoms with E-state index in [2.05, 4.69) is 27.5 Å². The molecule has 0 unspecified atom stereocenters. The van der Waals surface area contributed by atoms with Gasteiger partial charge in [-0.25, -0.2) is 9.97 Å². The highest BCUT2D eigenvalue weighted by atomic mass is 16.3. The van der Waals surface area contributed by atoms with Gasteiger partial charge in [-0.3, -0.25) is 4.79 Å². The van der Waals surface area contributed by atoms with E-state index in [1.807, 2.05) is 12.1 Å². The average Bonchev–Trinajstić information content (AvgIpc) is 2.99. The molecular weight excluding hydrogens is 320 g/mol. The number of hydrogen-bond donors (Lipinski definition) is 2. The van der Waals surface area contributed by atoms with E-state index in [9.17, 15) is 4.79 Å². The molecule has 3 heterocycles. The molecule has 2 N–H and O–H groups in total. The number of hydrogen-bond acceptors (Lipinski definition) is 6. The van der Waals surface area contributed by atoms with Crippen LogP contribution >= 0.6 is 0 Å². The fraction of sp³-hybridized carbons (Fsp3) is 0.389. The Kier molecular flexibility index (Phi) is 3.71. The van der Waals surface area contributed by atoms with E-state index in [1.165, 1.54) is 6.33 Å². The number of aromatic nitrogens is 2. The maximum atomic E-state index is 12.7. The molecule has 4 rings (SSSR count). The fourth-order valence-electron chi connectivity index (χ4n) is 2.85. The van der Waals surface area contributed by atoms with Crippen LogP contribution in [-0.4, -0.2) is 28.0 Å². The maximum Gasteiger partial charge on any atom is 0.255 e. The van der Waals surface area contributed by atoms with Crippen molar-refractivity contribution in [2.75, 3.05) is 11.9 Å². The van der Waals surface area contributed by atoms with Crippen LogP contribution in [0.4, 0.5) is 5.82 Å². The van der Waals surface area contributed by atoms with Crippen LogP contribution in [0.2, 0.25) is 0 Å². The van der Waals surface area contributed by atoms with E-state index in [1.54, 1.807) is 13.2 Å². The molecule has 0 atom stereocenters. The molecule has 3 aromatic rings. The van der Waals surface area contributed by atoms with Crippen LogP contribution in [0.5, 0.6) is 0 Å². The molecule has 1 saturated carbocycles. The third kappa shape index (κ3) is 3.09. The maximum absolute atomic E-state index is 12.7. The van der Waals surface area contributed by atoms with Crippen molar-refractivity contribution in [3.63, 3.8) is 0 Å². The second-order valence-electron chi connectivity index (χ2n) is 6.71. The zero-order valence-electron chi connectivity index (χ0n) is 14.3. The van der Waals surface area contributed by atoms with Crippen molar-refractivity contribution in [1.29, 1.82) is 0 Å². The highest BCUT2D eigenvalue weighted by Gasteiger charge is 2.38. The standard InChI is InChI=1S/C18H20N4O3/c1-11-13(16(23)19-8-5-12-4-3-9-24-12)14-15(22-18(2)6-7-18)20-10-21-17(14)25-11/h3-4,9-10H,5-8H2,1-2H3,(H,19,23)(H,20,21,22). The van der Waals surface area contributed by atoms with Gasteiger partial charge in [0.05, 0.1) is 17.2 Å². The molecule has 0 saturated heterocycles. The molecule has 1 aliphatic rings. The fourth-order valence-corrected chi connectivity index (χ4v) is 2.85. The van der Waals surface area contributed by atoms with Crippen LogP contribution < -0.4 is 10.6 Å². The van der Waals surface area contributed by atoms with E-state index < -0.39 is 0 Å². The smallest absolute Gasteiger partial charge is 0.255 e. The van der Waals surface area contributed by atoms with E-state index >= 15 is 0 Å². The van der Waals surface area contributed by atoms with Gasteiger partial charge in [-0.2, -0.15) is 0 Å². The molecule has 7 nitrogen and oxygen atoms in total. The second-order valence-corrected chi connectivity index (χ2v) is 6.71. The van der Waals surface area contributed by atoms with Crippen LogP contribution in [0.25, 0.3) is 11.1 Å². The molecule has 25 heavy (non-hydrogen) atoms. The quantitative estimate of drug-likeness (QED) is 0.716. The Bertz CT molecular complexity index is 910. The molecule has 0 aromatic carbocycles. The second kappa shape index (κ2) is 5.91. The van der Waals surface area contributed by atoms with Gasteiger partial charge in [0.15, 0.2) is 0 Å². The van der Waals surface area contributed by atoms with Crippen LogP contribution in [0.15, 0.2) is 33.6 Å². The molecule has 0 aliphatic heterocycles. The first kappa shape index (κ1) is 15.7. The van der Waals surface area contributed by atoms with Crippen LogP contribution in [0.3, 0.4) is 0 Å². The Morgan fingerprint density at radius 1 is 1.36 bits per heavy atom. The molecule has 0 bridgehead atoms. The zero-order valence-corrected chi connectivity index (χ0v) is 14.3. The molecule has 130 valence electrons. The SMILES string of the molecule is Cc1oc2ncnc(NC3(C)CC3)c2c1C(=O)NCCc1ccco1. The summed E-state index contributed by atoms with van der Waals surface area (Å²) in [4.78, 5) is 21.2. The Balaban J connectivity index is 1.59. The molecule has 0 radical (unpaired) electrons. The predicted octanol–water partition coefficient (Wildman–Crippen LogP) is 3.06. The summed E-state index contributed by atoms with van der Waals surface area (Å²) in [6.07, 6.45) is 5.88. The first-order valence-corrected chi connectivity index (χ1v) is 8.39. The third-order valence-corrected chi connectivity index (χ3v) is 4.55. The molecule has 3 aromatic heterocycles. The van der Waals surface area contributed by atoms with E-state index in [4.69, 9.17) is 8.83 Å². The van der Waals surface area contributed by atoms with Gasteiger partial charge in [0.25, 0.3) is 5.91 Å². The number of aryl methyl sites for hydroxylation is 1. The summed E-state index contributed by atoms with van der Waals surface area (Å²) < 4.78 is 11.0. The van der Waals surface area contributed by atoms with Gasteiger partial charge in [0, 0.05) is 18.5 Å². The summed E-state index contributed by atoms with van der Waals surface area (Å²) in [6.45, 7) is 4.38. The highest BCUT2D eigenvalue weighted by Crippen LogP contribution is 2.40. The van der Waals surface area contributed by atoms with Crippen LogP contribution in [-0.2, 0) is 6.42 Å². The first-order chi connectivity index (χ1) is 12.1. The third-order valence-electron chi connectivity index (χ3n) is 4.55. The normalized spacial score (nSPS) is 15.3. The van der Waals surface area contributed by atoms with Crippen molar-refractivity contribution in [2.24, 2.45) is 0 Å². The predicted molar refractivity (Wildman–Crippen MR) is 92.5 cm³/mol. The molecule has 1 fully saturated rings. The molecule has 0 spiro atoms. The van der Waals surface area contributed by atoms with Crippen LogP contribution in [0, 0.1) is 6.92 Å². The Morgan fingerprint density at radius 3 is 2.92 bits per heavy atom. The number of anilines is 1. The zero-order chi connectivity index (χ0) is 17.4. The molecule has 1 amide bonds. The Hall–Kier alpha value is -2.83. The van der Waals surface area contributed by atoms with Gasteiger partial charge in [0.2, 0.25) is 5.71 Å².